The zero-order valence-electron chi connectivity index (χ0n) is 21.3. The van der Waals surface area contributed by atoms with Gasteiger partial charge in [-0.3, -0.25) is 19.3 Å². The Labute approximate surface area is 220 Å². The van der Waals surface area contributed by atoms with Gasteiger partial charge in [-0.1, -0.05) is 32.4 Å². The molecule has 1 saturated heterocycles. The number of carbonyl (C=O) groups is 5. The van der Waals surface area contributed by atoms with Crippen molar-refractivity contribution in [1.82, 2.24) is 0 Å². The Bertz CT molecular complexity index is 1250. The SMILES string of the molecule is CCCCOC(=O)c1ccc(NC(=O)COC(=O)c2ccc(N3C(=O)[C@@H]4[C@H](C)C=CC[C@H]4C3=O)cc2)cc1. The fourth-order valence-corrected chi connectivity index (χ4v) is 4.64. The van der Waals surface area contributed by atoms with Gasteiger partial charge < -0.3 is 14.8 Å². The number of hydrogen-bond acceptors (Lipinski definition) is 7. The van der Waals surface area contributed by atoms with E-state index in [1.165, 1.54) is 29.2 Å². The first kappa shape index (κ1) is 26.8. The Balaban J connectivity index is 1.28. The van der Waals surface area contributed by atoms with Crippen LogP contribution in [0.5, 0.6) is 0 Å². The molecule has 2 aliphatic rings. The third-order valence-corrected chi connectivity index (χ3v) is 6.70. The van der Waals surface area contributed by atoms with E-state index in [-0.39, 0.29) is 35.1 Å². The number of esters is 2. The number of amides is 3. The lowest BCUT2D eigenvalue weighted by atomic mass is 9.78. The van der Waals surface area contributed by atoms with Crippen molar-refractivity contribution in [3.63, 3.8) is 0 Å². The summed E-state index contributed by atoms with van der Waals surface area (Å²) < 4.78 is 10.2. The lowest BCUT2D eigenvalue weighted by Crippen LogP contribution is -2.31. The Hall–Kier alpha value is -4.27. The van der Waals surface area contributed by atoms with Crippen LogP contribution in [-0.2, 0) is 23.9 Å². The van der Waals surface area contributed by atoms with Gasteiger partial charge in [-0.2, -0.15) is 0 Å². The number of nitrogens with one attached hydrogen (secondary N) is 1. The average molecular weight is 519 g/mol. The molecule has 0 unspecified atom stereocenters. The molecule has 1 aliphatic carbocycles. The molecule has 0 aromatic heterocycles. The minimum absolute atomic E-state index is 0.0133. The number of anilines is 2. The van der Waals surface area contributed by atoms with Gasteiger partial charge in [0.1, 0.15) is 0 Å². The third kappa shape index (κ3) is 5.82. The summed E-state index contributed by atoms with van der Waals surface area (Å²) in [5, 5.41) is 2.60. The summed E-state index contributed by atoms with van der Waals surface area (Å²) in [5.41, 5.74) is 1.38. The average Bonchev–Trinajstić information content (AvgIpc) is 3.18. The van der Waals surface area contributed by atoms with Gasteiger partial charge in [-0.25, -0.2) is 9.59 Å². The summed E-state index contributed by atoms with van der Waals surface area (Å²) in [6.45, 7) is 3.77. The van der Waals surface area contributed by atoms with E-state index < -0.39 is 24.5 Å². The smallest absolute Gasteiger partial charge is 0.338 e. The lowest BCUT2D eigenvalue weighted by Gasteiger charge is -2.22. The van der Waals surface area contributed by atoms with Gasteiger partial charge in [0.05, 0.1) is 35.3 Å². The number of nitrogens with zero attached hydrogens (tertiary/aromatic N) is 1. The van der Waals surface area contributed by atoms with Crippen molar-refractivity contribution < 1.29 is 33.4 Å². The Morgan fingerprint density at radius 2 is 1.55 bits per heavy atom. The predicted molar refractivity (Wildman–Crippen MR) is 139 cm³/mol. The number of fused-ring (bicyclic) bond motifs is 1. The minimum Gasteiger partial charge on any atom is -0.462 e. The second-order valence-corrected chi connectivity index (χ2v) is 9.41. The number of unbranched alkanes of at least 4 members (excludes halogenated alkanes) is 1. The Morgan fingerprint density at radius 1 is 0.921 bits per heavy atom. The van der Waals surface area contributed by atoms with Crippen LogP contribution in [0.2, 0.25) is 0 Å². The van der Waals surface area contributed by atoms with E-state index in [9.17, 15) is 24.0 Å². The molecule has 9 nitrogen and oxygen atoms in total. The number of benzene rings is 2. The number of carbonyl (C=O) groups excluding carboxylic acids is 5. The molecule has 1 aliphatic heterocycles. The van der Waals surface area contributed by atoms with Crippen molar-refractivity contribution in [2.45, 2.75) is 33.1 Å². The summed E-state index contributed by atoms with van der Waals surface area (Å²) in [5.74, 6) is -2.91. The highest BCUT2D eigenvalue weighted by Crippen LogP contribution is 2.40. The van der Waals surface area contributed by atoms with Crippen molar-refractivity contribution in [1.29, 1.82) is 0 Å². The van der Waals surface area contributed by atoms with Crippen LogP contribution >= 0.6 is 0 Å². The maximum atomic E-state index is 12.9. The number of imide groups is 1. The molecule has 9 heteroatoms. The molecule has 3 amide bonds. The van der Waals surface area contributed by atoms with E-state index in [1.54, 1.807) is 24.3 Å². The molecule has 1 heterocycles. The van der Waals surface area contributed by atoms with Gasteiger partial charge in [0.25, 0.3) is 5.91 Å². The molecule has 0 spiro atoms. The zero-order chi connectivity index (χ0) is 27.2. The lowest BCUT2D eigenvalue weighted by molar-refractivity contribution is -0.123. The zero-order valence-corrected chi connectivity index (χ0v) is 21.3. The van der Waals surface area contributed by atoms with E-state index in [0.717, 1.165) is 12.8 Å². The van der Waals surface area contributed by atoms with Crippen LogP contribution in [0.1, 0.15) is 53.8 Å². The van der Waals surface area contributed by atoms with Gasteiger partial charge in [0.2, 0.25) is 11.8 Å². The quantitative estimate of drug-likeness (QED) is 0.229. The highest BCUT2D eigenvalue weighted by molar-refractivity contribution is 6.22. The molecule has 1 N–H and O–H groups in total. The maximum absolute atomic E-state index is 12.9. The summed E-state index contributed by atoms with van der Waals surface area (Å²) >= 11 is 0. The fourth-order valence-electron chi connectivity index (χ4n) is 4.64. The molecular formula is C29H30N2O7. The first-order chi connectivity index (χ1) is 18.3. The third-order valence-electron chi connectivity index (χ3n) is 6.70. The first-order valence-electron chi connectivity index (χ1n) is 12.7. The van der Waals surface area contributed by atoms with Gasteiger partial charge in [0, 0.05) is 5.69 Å². The van der Waals surface area contributed by atoms with E-state index in [1.807, 2.05) is 26.0 Å². The van der Waals surface area contributed by atoms with E-state index >= 15 is 0 Å². The van der Waals surface area contributed by atoms with Crippen LogP contribution in [-0.4, -0.2) is 42.9 Å². The van der Waals surface area contributed by atoms with Crippen molar-refractivity contribution in [3.8, 4) is 0 Å². The molecular weight excluding hydrogens is 488 g/mol. The van der Waals surface area contributed by atoms with E-state index in [2.05, 4.69) is 5.32 Å². The molecule has 0 radical (unpaired) electrons. The second-order valence-electron chi connectivity index (χ2n) is 9.41. The molecule has 38 heavy (non-hydrogen) atoms. The summed E-state index contributed by atoms with van der Waals surface area (Å²) in [7, 11) is 0. The van der Waals surface area contributed by atoms with Gasteiger partial charge in [-0.05, 0) is 67.3 Å². The van der Waals surface area contributed by atoms with Crippen LogP contribution < -0.4 is 10.2 Å². The van der Waals surface area contributed by atoms with Crippen LogP contribution in [0.4, 0.5) is 11.4 Å². The molecule has 3 atom stereocenters. The van der Waals surface area contributed by atoms with Crippen LogP contribution in [0.3, 0.4) is 0 Å². The molecule has 2 aromatic carbocycles. The van der Waals surface area contributed by atoms with Crippen LogP contribution in [0, 0.1) is 17.8 Å². The molecule has 0 saturated carbocycles. The highest BCUT2D eigenvalue weighted by Gasteiger charge is 2.50. The minimum atomic E-state index is -0.720. The van der Waals surface area contributed by atoms with Crippen molar-refractivity contribution >= 4 is 41.0 Å². The highest BCUT2D eigenvalue weighted by atomic mass is 16.5. The Kier molecular flexibility index (Phi) is 8.35. The Morgan fingerprint density at radius 3 is 2.18 bits per heavy atom. The molecule has 198 valence electrons. The molecule has 0 bridgehead atoms. The fraction of sp³-hybridized carbons (Fsp3) is 0.345. The number of allylic oxidation sites excluding steroid dienone is 2. The van der Waals surface area contributed by atoms with Gasteiger partial charge in [0.15, 0.2) is 6.61 Å². The first-order valence-corrected chi connectivity index (χ1v) is 12.7. The van der Waals surface area contributed by atoms with Crippen molar-refractivity contribution in [2.75, 3.05) is 23.4 Å². The summed E-state index contributed by atoms with van der Waals surface area (Å²) in [4.78, 5) is 63.6. The van der Waals surface area contributed by atoms with Gasteiger partial charge in [-0.15, -0.1) is 0 Å². The van der Waals surface area contributed by atoms with E-state index in [4.69, 9.17) is 9.47 Å². The standard InChI is InChI=1S/C29H30N2O7/c1-3-4-16-37-28(35)19-8-12-21(13-9-19)30-24(32)17-38-29(36)20-10-14-22(15-11-20)31-26(33)23-7-5-6-18(2)25(23)27(31)34/h5-6,8-15,18,23,25H,3-4,7,16-17H2,1-2H3,(H,30,32)/t18-,23-,25-/m1/s1. The van der Waals surface area contributed by atoms with Crippen molar-refractivity contribution in [3.05, 3.63) is 71.8 Å². The summed E-state index contributed by atoms with van der Waals surface area (Å²) in [6.07, 6.45) is 6.16. The van der Waals surface area contributed by atoms with Crippen molar-refractivity contribution in [2.24, 2.45) is 17.8 Å². The monoisotopic (exact) mass is 518 g/mol. The van der Waals surface area contributed by atoms with Crippen LogP contribution in [0.15, 0.2) is 60.7 Å². The molecule has 4 rings (SSSR count). The second kappa shape index (κ2) is 11.9. The molecule has 2 aromatic rings. The normalized spacial score (nSPS) is 20.2. The van der Waals surface area contributed by atoms with Gasteiger partial charge >= 0.3 is 11.9 Å². The van der Waals surface area contributed by atoms with E-state index in [0.29, 0.717) is 30.0 Å². The topological polar surface area (TPSA) is 119 Å². The number of rotatable bonds is 9. The van der Waals surface area contributed by atoms with Crippen LogP contribution in [0.25, 0.3) is 0 Å². The predicted octanol–water partition coefficient (Wildman–Crippen LogP) is 4.14. The number of hydrogen-bond donors (Lipinski definition) is 1. The largest absolute Gasteiger partial charge is 0.462 e. The summed E-state index contributed by atoms with van der Waals surface area (Å²) in [6, 6.07) is 12.2. The molecule has 1 fully saturated rings. The maximum Gasteiger partial charge on any atom is 0.338 e. The number of ether oxygens (including phenoxy) is 2.